The van der Waals surface area contributed by atoms with E-state index in [0.717, 1.165) is 22.3 Å². The van der Waals surface area contributed by atoms with E-state index < -0.39 is 0 Å². The average Bonchev–Trinajstić information content (AvgIpc) is 2.97. The second-order valence-electron chi connectivity index (χ2n) is 6.80. The molecule has 0 fully saturated rings. The molecule has 2 aromatic heterocycles. The first kappa shape index (κ1) is 16.9. The monoisotopic (exact) mass is 336 g/mol. The zero-order chi connectivity index (χ0) is 18.0. The van der Waals surface area contributed by atoms with Crippen LogP contribution in [0.4, 0.5) is 17.3 Å². The third-order valence-electron chi connectivity index (χ3n) is 3.90. The fourth-order valence-electron chi connectivity index (χ4n) is 2.67. The van der Waals surface area contributed by atoms with Crippen molar-refractivity contribution in [1.29, 1.82) is 0 Å². The molecule has 0 saturated heterocycles. The first-order valence-electron chi connectivity index (χ1n) is 7.99. The van der Waals surface area contributed by atoms with Crippen LogP contribution in [0.1, 0.15) is 26.3 Å². The van der Waals surface area contributed by atoms with E-state index in [4.69, 9.17) is 6.57 Å². The second-order valence-corrected chi connectivity index (χ2v) is 6.80. The minimum absolute atomic E-state index is 0.0508. The van der Waals surface area contributed by atoms with Crippen molar-refractivity contribution in [2.45, 2.75) is 32.7 Å². The lowest BCUT2D eigenvalue weighted by molar-refractivity contribution is 0.278. The summed E-state index contributed by atoms with van der Waals surface area (Å²) in [7, 11) is 0. The average molecular weight is 336 g/mol. The van der Waals surface area contributed by atoms with Gasteiger partial charge in [-0.2, -0.15) is 0 Å². The molecule has 0 aliphatic rings. The lowest BCUT2D eigenvalue weighted by Crippen LogP contribution is -2.13. The number of rotatable bonds is 4. The second kappa shape index (κ2) is 6.49. The number of hydrogen-bond acceptors (Lipinski definition) is 5. The Morgan fingerprint density at radius 3 is 2.52 bits per heavy atom. The van der Waals surface area contributed by atoms with Crippen molar-refractivity contribution in [2.75, 3.05) is 11.9 Å². The van der Waals surface area contributed by atoms with Gasteiger partial charge in [-0.1, -0.05) is 20.8 Å². The van der Waals surface area contributed by atoms with E-state index >= 15 is 0 Å². The number of aliphatic hydroxyl groups excluding tert-OH is 1. The molecule has 0 aliphatic carbocycles. The van der Waals surface area contributed by atoms with Crippen molar-refractivity contribution < 1.29 is 5.11 Å². The highest BCUT2D eigenvalue weighted by Crippen LogP contribution is 2.33. The highest BCUT2D eigenvalue weighted by Gasteiger charge is 2.21. The largest absolute Gasteiger partial charge is 0.395 e. The Balaban J connectivity index is 2.07. The summed E-state index contributed by atoms with van der Waals surface area (Å²) in [6.07, 6.45) is 4.73. The number of nitrogens with zero attached hydrogens (tertiary/aromatic N) is 5. The van der Waals surface area contributed by atoms with Crippen molar-refractivity contribution in [3.8, 4) is 0 Å². The quantitative estimate of drug-likeness (QED) is 0.714. The molecule has 0 bridgehead atoms. The molecular formula is C18H20N6O. The smallest absolute Gasteiger partial charge is 0.224 e. The molecule has 0 saturated carbocycles. The molecule has 0 unspecified atom stereocenters. The number of hydrogen-bond donors (Lipinski definition) is 2. The minimum Gasteiger partial charge on any atom is -0.395 e. The third-order valence-corrected chi connectivity index (χ3v) is 3.90. The molecule has 25 heavy (non-hydrogen) atoms. The molecule has 0 spiro atoms. The van der Waals surface area contributed by atoms with Gasteiger partial charge in [0.15, 0.2) is 0 Å². The van der Waals surface area contributed by atoms with E-state index in [1.165, 1.54) is 12.4 Å². The molecular weight excluding hydrogens is 316 g/mol. The Morgan fingerprint density at radius 2 is 1.92 bits per heavy atom. The standard InChI is InChI=1S/C18H20N6O/c1-18(2,3)14-7-12(23-17-20-9-13(19-4)10-21-17)8-15-16(14)22-11-24(15)5-6-25/h7-11,25H,5-6H2,1-3H3,(H,20,21,23). The van der Waals surface area contributed by atoms with Crippen molar-refractivity contribution in [1.82, 2.24) is 19.5 Å². The summed E-state index contributed by atoms with van der Waals surface area (Å²) in [5.41, 5.74) is 4.12. The van der Waals surface area contributed by atoms with E-state index in [-0.39, 0.29) is 12.0 Å². The molecule has 0 amide bonds. The molecule has 2 N–H and O–H groups in total. The van der Waals surface area contributed by atoms with E-state index in [1.807, 2.05) is 16.7 Å². The van der Waals surface area contributed by atoms with Crippen LogP contribution in [-0.4, -0.2) is 31.2 Å². The third kappa shape index (κ3) is 3.44. The van der Waals surface area contributed by atoms with E-state index in [1.54, 1.807) is 6.33 Å². The van der Waals surface area contributed by atoms with Gasteiger partial charge in [-0.3, -0.25) is 0 Å². The van der Waals surface area contributed by atoms with Crippen LogP contribution >= 0.6 is 0 Å². The maximum atomic E-state index is 9.27. The van der Waals surface area contributed by atoms with Gasteiger partial charge in [0.2, 0.25) is 11.6 Å². The van der Waals surface area contributed by atoms with E-state index in [2.05, 4.69) is 45.9 Å². The Kier molecular flexibility index (Phi) is 4.38. The van der Waals surface area contributed by atoms with E-state index in [9.17, 15) is 5.11 Å². The molecule has 7 nitrogen and oxygen atoms in total. The lowest BCUT2D eigenvalue weighted by atomic mass is 9.86. The lowest BCUT2D eigenvalue weighted by Gasteiger charge is -2.21. The van der Waals surface area contributed by atoms with Crippen molar-refractivity contribution in [2.24, 2.45) is 0 Å². The first-order valence-corrected chi connectivity index (χ1v) is 7.99. The topological polar surface area (TPSA) is 80.2 Å². The minimum atomic E-state index is -0.0941. The SMILES string of the molecule is [C-]#[N+]c1cnc(Nc2cc(C(C)(C)C)c3ncn(CCO)c3c2)nc1. The Bertz CT molecular complexity index is 931. The zero-order valence-corrected chi connectivity index (χ0v) is 14.5. The number of nitrogens with one attached hydrogen (secondary N) is 1. The summed E-state index contributed by atoms with van der Waals surface area (Å²) in [4.78, 5) is 16.2. The summed E-state index contributed by atoms with van der Waals surface area (Å²) in [6, 6.07) is 4.02. The molecule has 7 heteroatoms. The number of aromatic nitrogens is 4. The van der Waals surface area contributed by atoms with Gasteiger partial charge in [-0.05, 0) is 23.1 Å². The predicted molar refractivity (Wildman–Crippen MR) is 97.1 cm³/mol. The molecule has 3 rings (SSSR count). The number of fused-ring (bicyclic) bond motifs is 1. The van der Waals surface area contributed by atoms with Crippen LogP contribution in [0.2, 0.25) is 0 Å². The highest BCUT2D eigenvalue weighted by molar-refractivity contribution is 5.85. The van der Waals surface area contributed by atoms with Crippen LogP contribution in [0, 0.1) is 6.57 Å². The Labute approximate surface area is 146 Å². The molecule has 1 aromatic carbocycles. The van der Waals surface area contributed by atoms with Crippen LogP contribution in [-0.2, 0) is 12.0 Å². The summed E-state index contributed by atoms with van der Waals surface area (Å²) in [5.74, 6) is 0.430. The summed E-state index contributed by atoms with van der Waals surface area (Å²) in [5, 5.41) is 12.5. The van der Waals surface area contributed by atoms with Crippen molar-refractivity contribution >= 4 is 28.4 Å². The van der Waals surface area contributed by atoms with Crippen LogP contribution < -0.4 is 5.32 Å². The summed E-state index contributed by atoms with van der Waals surface area (Å²) >= 11 is 0. The molecule has 2 heterocycles. The van der Waals surface area contributed by atoms with E-state index in [0.29, 0.717) is 18.2 Å². The van der Waals surface area contributed by atoms with Gasteiger partial charge < -0.3 is 15.0 Å². The maximum Gasteiger partial charge on any atom is 0.224 e. The number of imidazole rings is 1. The molecule has 0 radical (unpaired) electrons. The summed E-state index contributed by atoms with van der Waals surface area (Å²) < 4.78 is 1.93. The zero-order valence-electron chi connectivity index (χ0n) is 14.5. The van der Waals surface area contributed by atoms with Gasteiger partial charge in [0.25, 0.3) is 0 Å². The molecule has 3 aromatic rings. The highest BCUT2D eigenvalue weighted by atomic mass is 16.3. The van der Waals surface area contributed by atoms with Crippen LogP contribution in [0.15, 0.2) is 30.9 Å². The van der Waals surface area contributed by atoms with Gasteiger partial charge in [0.05, 0.1) is 30.5 Å². The van der Waals surface area contributed by atoms with Crippen LogP contribution in [0.25, 0.3) is 15.9 Å². The van der Waals surface area contributed by atoms with Gasteiger partial charge in [-0.15, -0.1) is 0 Å². The summed E-state index contributed by atoms with van der Waals surface area (Å²) in [6.45, 7) is 13.9. The normalized spacial score (nSPS) is 11.5. The fraction of sp³-hybridized carbons (Fsp3) is 0.333. The van der Waals surface area contributed by atoms with Crippen molar-refractivity contribution in [3.05, 3.63) is 47.8 Å². The maximum absolute atomic E-state index is 9.27. The van der Waals surface area contributed by atoms with Crippen molar-refractivity contribution in [3.63, 3.8) is 0 Å². The Hall–Kier alpha value is -2.98. The molecule has 0 aliphatic heterocycles. The predicted octanol–water partition coefficient (Wildman–Crippen LogP) is 3.41. The number of aliphatic hydroxyl groups is 1. The number of benzene rings is 1. The molecule has 128 valence electrons. The molecule has 0 atom stereocenters. The van der Waals surface area contributed by atoms with Crippen LogP contribution in [0.3, 0.4) is 0 Å². The van der Waals surface area contributed by atoms with Gasteiger partial charge >= 0.3 is 0 Å². The van der Waals surface area contributed by atoms with Crippen LogP contribution in [0.5, 0.6) is 0 Å². The first-order chi connectivity index (χ1) is 11.9. The Morgan fingerprint density at radius 1 is 1.20 bits per heavy atom. The van der Waals surface area contributed by atoms with Gasteiger partial charge in [0.1, 0.15) is 0 Å². The van der Waals surface area contributed by atoms with Gasteiger partial charge in [0, 0.05) is 24.6 Å². The number of anilines is 2. The fourth-order valence-corrected chi connectivity index (χ4v) is 2.67. The van der Waals surface area contributed by atoms with Gasteiger partial charge in [-0.25, -0.2) is 19.8 Å².